The minimum atomic E-state index is -10.3. The van der Waals surface area contributed by atoms with Crippen molar-refractivity contribution in [2.45, 2.75) is 89.1 Å². The van der Waals surface area contributed by atoms with Gasteiger partial charge in [-0.3, -0.25) is 0 Å². The predicted molar refractivity (Wildman–Crippen MR) is 102 cm³/mol. The lowest BCUT2D eigenvalue weighted by molar-refractivity contribution is -0.489. The highest BCUT2D eigenvalue weighted by Gasteiger charge is 3.01. The topological polar surface area (TPSA) is 20.2 Å². The Kier molecular flexibility index (Phi) is 11.6. The van der Waals surface area contributed by atoms with E-state index in [0.717, 1.165) is 0 Å². The van der Waals surface area contributed by atoms with Gasteiger partial charge in [0.25, 0.3) is 0 Å². The predicted octanol–water partition coefficient (Wildman–Crippen LogP) is 11.9. The molecule has 57 heavy (non-hydrogen) atoms. The van der Waals surface area contributed by atoms with Crippen molar-refractivity contribution in [3.8, 4) is 5.75 Å². The van der Waals surface area contributed by atoms with E-state index in [9.17, 15) is 154 Å². The lowest BCUT2D eigenvalue weighted by Crippen LogP contribution is -2.79. The number of phenols is 1. The summed E-state index contributed by atoms with van der Waals surface area (Å²) >= 11 is 0. The summed E-state index contributed by atoms with van der Waals surface area (Å²) < 4.78 is 476. The van der Waals surface area contributed by atoms with Crippen LogP contribution in [0.3, 0.4) is 0 Å². The molecular weight excluding hydrogens is 933 g/mol. The van der Waals surface area contributed by atoms with Crippen LogP contribution < -0.4 is 0 Å². The van der Waals surface area contributed by atoms with Gasteiger partial charge in [0.15, 0.2) is 17.4 Å². The Morgan fingerprint density at radius 3 is 0.561 bits per heavy atom. The smallest absolute Gasteiger partial charge is 0.460 e. The normalized spacial score (nSPS) is 16.4. The number of benzene rings is 1. The maximum atomic E-state index is 14.2. The van der Waals surface area contributed by atoms with Gasteiger partial charge in [-0.2, -0.15) is 145 Å². The molecule has 36 heteroatoms. The molecule has 0 aliphatic rings. The van der Waals surface area contributed by atoms with Crippen molar-refractivity contribution in [1.82, 2.24) is 0 Å². The van der Waals surface area contributed by atoms with Gasteiger partial charge in [0.1, 0.15) is 5.56 Å². The van der Waals surface area contributed by atoms with Gasteiger partial charge in [0.05, 0.1) is 0 Å². The van der Waals surface area contributed by atoms with Crippen LogP contribution in [0, 0.1) is 23.3 Å². The minimum absolute atomic E-state index is 3.24. The van der Waals surface area contributed by atoms with Gasteiger partial charge in [-0.15, -0.1) is 0 Å². The van der Waals surface area contributed by atoms with Crippen molar-refractivity contribution in [1.29, 1.82) is 0 Å². The van der Waals surface area contributed by atoms with Crippen molar-refractivity contribution in [2.75, 3.05) is 0 Å². The summed E-state index contributed by atoms with van der Waals surface area (Å²) in [6.07, 6.45) is -8.43. The van der Waals surface area contributed by atoms with Crippen LogP contribution in [0.2, 0.25) is 0 Å². The van der Waals surface area contributed by atoms with Gasteiger partial charge in [0, 0.05) is 0 Å². The second kappa shape index (κ2) is 12.8. The molecule has 0 aliphatic heterocycles. The first kappa shape index (κ1) is 51.6. The number of alkyl halides is 31. The molecule has 0 spiro atoms. The molecule has 1 N–H and O–H groups in total. The third-order valence-electron chi connectivity index (χ3n) is 7.04. The Labute approximate surface area is 283 Å². The lowest BCUT2D eigenvalue weighted by Gasteiger charge is -2.46. The van der Waals surface area contributed by atoms with Crippen molar-refractivity contribution >= 4 is 0 Å². The maximum Gasteiger partial charge on any atom is 0.460 e. The molecular formula is C21HF35O. The second-order valence-corrected chi connectivity index (χ2v) is 10.5. The minimum Gasteiger partial charge on any atom is -0.503 e. The summed E-state index contributed by atoms with van der Waals surface area (Å²) in [7, 11) is 0. The standard InChI is InChI=1S/C21HF35O/c22-2-1(3(23)5(25)6(57)4(2)24)7(26,27)8(28,29)9(30,31)10(32,33)11(34,35)12(36,37)13(38,39)14(40,41)15(42,43)16(44,45)17(46,47)18(48,49)19(50,51)20(52,53)21(54,55)56/h57H. The first-order chi connectivity index (χ1) is 24.2. The monoisotopic (exact) mass is 934 g/mol. The molecule has 0 aromatic heterocycles. The second-order valence-electron chi connectivity index (χ2n) is 10.5. The number of rotatable bonds is 14. The Balaban J connectivity index is 4.13. The summed E-state index contributed by atoms with van der Waals surface area (Å²) in [5.41, 5.74) is -4.76. The number of hydrogen-bond acceptors (Lipinski definition) is 1. The fourth-order valence-corrected chi connectivity index (χ4v) is 3.60. The van der Waals surface area contributed by atoms with Gasteiger partial charge in [-0.25, -0.2) is 8.78 Å². The van der Waals surface area contributed by atoms with Crippen LogP contribution >= 0.6 is 0 Å². The Bertz CT molecular complexity index is 1660. The molecule has 0 amide bonds. The summed E-state index contributed by atoms with van der Waals surface area (Å²) in [4.78, 5) is 0. The molecule has 0 fully saturated rings. The first-order valence-electron chi connectivity index (χ1n) is 12.1. The average molecular weight is 934 g/mol. The van der Waals surface area contributed by atoms with Gasteiger partial charge in [-0.05, 0) is 0 Å². The highest BCUT2D eigenvalue weighted by atomic mass is 19.4. The lowest BCUT2D eigenvalue weighted by atomic mass is 9.82. The van der Waals surface area contributed by atoms with E-state index in [-0.39, 0.29) is 0 Å². The van der Waals surface area contributed by atoms with Crippen LogP contribution in [0.4, 0.5) is 154 Å². The summed E-state index contributed by atoms with van der Waals surface area (Å²) in [6, 6.07) is 0. The molecule has 336 valence electrons. The van der Waals surface area contributed by atoms with Crippen LogP contribution in [-0.4, -0.2) is 88.3 Å². The molecule has 0 saturated heterocycles. The third kappa shape index (κ3) is 5.78. The van der Waals surface area contributed by atoms with Gasteiger partial charge < -0.3 is 5.11 Å². The quantitative estimate of drug-likeness (QED) is 0.146. The molecule has 1 aromatic rings. The van der Waals surface area contributed by atoms with E-state index in [2.05, 4.69) is 0 Å². The van der Waals surface area contributed by atoms with Gasteiger partial charge >= 0.3 is 89.1 Å². The number of phenolic OH excluding ortho intramolecular Hbond substituents is 1. The summed E-state index contributed by atoms with van der Waals surface area (Å²) in [5, 5.41) is 8.55. The zero-order valence-corrected chi connectivity index (χ0v) is 24.2. The molecule has 0 atom stereocenters. The third-order valence-corrected chi connectivity index (χ3v) is 7.04. The molecule has 0 aliphatic carbocycles. The number of aromatic hydroxyl groups is 1. The molecule has 1 nitrogen and oxygen atoms in total. The zero-order valence-electron chi connectivity index (χ0n) is 24.2. The van der Waals surface area contributed by atoms with Crippen LogP contribution in [0.25, 0.3) is 0 Å². The van der Waals surface area contributed by atoms with Crippen molar-refractivity contribution in [3.63, 3.8) is 0 Å². The molecule has 0 bridgehead atoms. The maximum absolute atomic E-state index is 14.2. The Morgan fingerprint density at radius 2 is 0.386 bits per heavy atom. The molecule has 0 saturated carbocycles. The zero-order chi connectivity index (χ0) is 47.0. The molecule has 1 rings (SSSR count). The molecule has 0 unspecified atom stereocenters. The summed E-state index contributed by atoms with van der Waals surface area (Å²) in [5.74, 6) is -156. The van der Waals surface area contributed by atoms with Crippen molar-refractivity contribution in [3.05, 3.63) is 28.8 Å². The van der Waals surface area contributed by atoms with E-state index in [0.29, 0.717) is 0 Å². The Morgan fingerprint density at radius 1 is 0.228 bits per heavy atom. The number of hydrogen-bond donors (Lipinski definition) is 1. The fraction of sp³-hybridized carbons (Fsp3) is 0.714. The summed E-state index contributed by atoms with van der Waals surface area (Å²) in [6.45, 7) is 0. The number of halogens is 35. The van der Waals surface area contributed by atoms with Crippen LogP contribution in [0.15, 0.2) is 0 Å². The van der Waals surface area contributed by atoms with E-state index >= 15 is 0 Å². The molecule has 0 radical (unpaired) electrons. The van der Waals surface area contributed by atoms with Gasteiger partial charge in [-0.1, -0.05) is 0 Å². The largest absolute Gasteiger partial charge is 0.503 e. The Hall–Kier alpha value is -3.43. The average Bonchev–Trinajstić information content (AvgIpc) is 3.00. The molecule has 1 aromatic carbocycles. The van der Waals surface area contributed by atoms with E-state index < -0.39 is 124 Å². The van der Waals surface area contributed by atoms with E-state index in [1.807, 2.05) is 0 Å². The van der Waals surface area contributed by atoms with Crippen molar-refractivity contribution < 1.29 is 159 Å². The SMILES string of the molecule is Oc1c(F)c(F)c(C(F)(F)C(F)(F)C(F)(F)C(F)(F)C(F)(F)C(F)(F)C(F)(F)C(F)(F)C(F)(F)C(F)(F)C(F)(F)C(F)(F)C(F)(F)C(F)(F)C(F)(F)F)c(F)c1F. The van der Waals surface area contributed by atoms with Crippen LogP contribution in [-0.2, 0) is 5.92 Å². The van der Waals surface area contributed by atoms with E-state index in [4.69, 9.17) is 5.11 Å². The van der Waals surface area contributed by atoms with Gasteiger partial charge in [0.2, 0.25) is 11.6 Å². The van der Waals surface area contributed by atoms with Crippen LogP contribution in [0.1, 0.15) is 5.56 Å². The first-order valence-corrected chi connectivity index (χ1v) is 12.1. The van der Waals surface area contributed by atoms with Crippen LogP contribution in [0.5, 0.6) is 5.75 Å². The highest BCUT2D eigenvalue weighted by molar-refractivity contribution is 5.37. The highest BCUT2D eigenvalue weighted by Crippen LogP contribution is 2.70. The fourth-order valence-electron chi connectivity index (χ4n) is 3.60. The van der Waals surface area contributed by atoms with Crippen molar-refractivity contribution in [2.24, 2.45) is 0 Å². The molecule has 0 heterocycles. The van der Waals surface area contributed by atoms with E-state index in [1.165, 1.54) is 0 Å². The van der Waals surface area contributed by atoms with E-state index in [1.54, 1.807) is 0 Å².